The van der Waals surface area contributed by atoms with Crippen molar-refractivity contribution >= 4 is 11.9 Å². The van der Waals surface area contributed by atoms with Crippen LogP contribution in [-0.4, -0.2) is 72.7 Å². The molecular weight excluding hydrogens is 355 g/mol. The summed E-state index contributed by atoms with van der Waals surface area (Å²) in [6, 6.07) is 9.12. The molecule has 1 saturated heterocycles. The van der Waals surface area contributed by atoms with Crippen LogP contribution in [0.25, 0.3) is 11.3 Å². The maximum absolute atomic E-state index is 13.0. The van der Waals surface area contributed by atoms with Gasteiger partial charge < -0.3 is 19.2 Å². The van der Waals surface area contributed by atoms with E-state index < -0.39 is 5.97 Å². The number of nitrogens with zero attached hydrogens (tertiary/aromatic N) is 2. The maximum Gasteiger partial charge on any atom is 0.317 e. The van der Waals surface area contributed by atoms with Gasteiger partial charge in [0.25, 0.3) is 5.91 Å². The van der Waals surface area contributed by atoms with Gasteiger partial charge in [0.2, 0.25) is 0 Å². The highest BCUT2D eigenvalue weighted by atomic mass is 19.1. The van der Waals surface area contributed by atoms with E-state index in [9.17, 15) is 14.0 Å². The Morgan fingerprint density at radius 3 is 2.70 bits per heavy atom. The second-order valence-corrected chi connectivity index (χ2v) is 6.51. The minimum Gasteiger partial charge on any atom is -0.480 e. The van der Waals surface area contributed by atoms with E-state index in [0.29, 0.717) is 37.6 Å². The van der Waals surface area contributed by atoms with Gasteiger partial charge in [-0.1, -0.05) is 0 Å². The summed E-state index contributed by atoms with van der Waals surface area (Å²) < 4.78 is 24.3. The lowest BCUT2D eigenvalue weighted by atomic mass is 10.2. The zero-order chi connectivity index (χ0) is 19.4. The second-order valence-electron chi connectivity index (χ2n) is 6.51. The van der Waals surface area contributed by atoms with E-state index in [4.69, 9.17) is 14.3 Å². The van der Waals surface area contributed by atoms with Gasteiger partial charge in [-0.05, 0) is 43.4 Å². The van der Waals surface area contributed by atoms with Crippen molar-refractivity contribution in [2.45, 2.75) is 6.10 Å². The van der Waals surface area contributed by atoms with E-state index in [1.54, 1.807) is 41.1 Å². The monoisotopic (exact) mass is 376 g/mol. The number of furan rings is 1. The quantitative estimate of drug-likeness (QED) is 0.830. The number of halogens is 1. The van der Waals surface area contributed by atoms with Crippen molar-refractivity contribution in [3.8, 4) is 11.3 Å². The average molecular weight is 376 g/mol. The molecule has 2 aromatic rings. The number of amides is 1. The van der Waals surface area contributed by atoms with Gasteiger partial charge in [-0.25, -0.2) is 4.39 Å². The highest BCUT2D eigenvalue weighted by Gasteiger charge is 2.28. The van der Waals surface area contributed by atoms with E-state index in [1.807, 2.05) is 0 Å². The van der Waals surface area contributed by atoms with Crippen LogP contribution in [0.5, 0.6) is 0 Å². The molecule has 0 aliphatic carbocycles. The van der Waals surface area contributed by atoms with Crippen molar-refractivity contribution < 1.29 is 28.2 Å². The summed E-state index contributed by atoms with van der Waals surface area (Å²) in [5.41, 5.74) is 0.686. The van der Waals surface area contributed by atoms with Gasteiger partial charge in [-0.3, -0.25) is 14.5 Å². The fourth-order valence-electron chi connectivity index (χ4n) is 3.04. The molecule has 8 heteroatoms. The number of morpholine rings is 1. The molecule has 0 spiro atoms. The molecule has 1 atom stereocenters. The van der Waals surface area contributed by atoms with Gasteiger partial charge in [0.05, 0.1) is 19.3 Å². The number of rotatable bonds is 6. The van der Waals surface area contributed by atoms with E-state index in [0.717, 1.165) is 0 Å². The fraction of sp³-hybridized carbons (Fsp3) is 0.368. The van der Waals surface area contributed by atoms with Crippen LogP contribution < -0.4 is 0 Å². The SMILES string of the molecule is CN(CC(=O)O)CC1CN(C(=O)c2ccc(-c3ccc(F)cc3)o2)CCO1. The summed E-state index contributed by atoms with van der Waals surface area (Å²) >= 11 is 0. The number of hydrogen-bond acceptors (Lipinski definition) is 5. The zero-order valence-corrected chi connectivity index (χ0v) is 14.9. The molecule has 0 saturated carbocycles. The van der Waals surface area contributed by atoms with Crippen molar-refractivity contribution in [2.75, 3.05) is 39.8 Å². The first kappa shape index (κ1) is 19.1. The normalized spacial score (nSPS) is 17.3. The number of aliphatic carboxylic acids is 1. The zero-order valence-electron chi connectivity index (χ0n) is 14.9. The van der Waals surface area contributed by atoms with Crippen LogP contribution in [-0.2, 0) is 9.53 Å². The lowest BCUT2D eigenvalue weighted by Gasteiger charge is -2.34. The number of carboxylic acid groups (broad SMARTS) is 1. The average Bonchev–Trinajstić information content (AvgIpc) is 3.11. The summed E-state index contributed by atoms with van der Waals surface area (Å²) in [5.74, 6) is -0.810. The van der Waals surface area contributed by atoms with Gasteiger partial charge in [0.15, 0.2) is 5.76 Å². The minimum absolute atomic E-state index is 0.0903. The van der Waals surface area contributed by atoms with Crippen molar-refractivity contribution in [2.24, 2.45) is 0 Å². The van der Waals surface area contributed by atoms with Gasteiger partial charge in [0.1, 0.15) is 11.6 Å². The smallest absolute Gasteiger partial charge is 0.317 e. The van der Waals surface area contributed by atoms with Crippen LogP contribution in [0.1, 0.15) is 10.6 Å². The first-order valence-electron chi connectivity index (χ1n) is 8.59. The van der Waals surface area contributed by atoms with Crippen LogP contribution >= 0.6 is 0 Å². The molecule has 1 aliphatic heterocycles. The Morgan fingerprint density at radius 1 is 1.26 bits per heavy atom. The summed E-state index contributed by atoms with van der Waals surface area (Å²) in [4.78, 5) is 26.8. The van der Waals surface area contributed by atoms with E-state index in [2.05, 4.69) is 0 Å². The fourth-order valence-corrected chi connectivity index (χ4v) is 3.04. The summed E-state index contributed by atoms with van der Waals surface area (Å²) in [7, 11) is 1.69. The molecule has 1 aliphatic rings. The Kier molecular flexibility index (Phi) is 5.88. The Balaban J connectivity index is 1.63. The Hall–Kier alpha value is -2.71. The molecule has 2 heterocycles. The number of carboxylic acids is 1. The molecule has 1 fully saturated rings. The molecule has 1 amide bonds. The Labute approximate surface area is 155 Å². The van der Waals surface area contributed by atoms with Gasteiger partial charge in [0, 0.05) is 25.2 Å². The molecular formula is C19H21FN2O5. The molecule has 0 radical (unpaired) electrons. The summed E-state index contributed by atoms with van der Waals surface area (Å²) in [6.45, 7) is 1.49. The third-order valence-corrected chi connectivity index (χ3v) is 4.29. The van der Waals surface area contributed by atoms with Crippen LogP contribution in [0.2, 0.25) is 0 Å². The second kappa shape index (κ2) is 8.32. The predicted octanol–water partition coefficient (Wildman–Crippen LogP) is 1.94. The standard InChI is InChI=1S/C19H21FN2O5/c1-21(12-18(23)24)10-15-11-22(8-9-26-15)19(25)17-7-6-16(27-17)13-2-4-14(20)5-3-13/h2-7,15H,8-12H2,1H3,(H,23,24). The molecule has 1 aromatic carbocycles. The minimum atomic E-state index is -0.912. The molecule has 3 rings (SSSR count). The molecule has 1 unspecified atom stereocenters. The number of likely N-dealkylation sites (N-methyl/N-ethyl adjacent to an activating group) is 1. The van der Waals surface area contributed by atoms with E-state index >= 15 is 0 Å². The highest BCUT2D eigenvalue weighted by Crippen LogP contribution is 2.23. The molecule has 144 valence electrons. The Morgan fingerprint density at radius 2 is 2.00 bits per heavy atom. The topological polar surface area (TPSA) is 83.2 Å². The van der Waals surface area contributed by atoms with Crippen molar-refractivity contribution in [3.63, 3.8) is 0 Å². The maximum atomic E-state index is 13.0. The first-order valence-corrected chi connectivity index (χ1v) is 8.59. The van der Waals surface area contributed by atoms with E-state index in [-0.39, 0.29) is 30.1 Å². The number of hydrogen-bond donors (Lipinski definition) is 1. The molecule has 7 nitrogen and oxygen atoms in total. The van der Waals surface area contributed by atoms with Gasteiger partial charge >= 0.3 is 5.97 Å². The Bertz CT molecular complexity index is 805. The van der Waals surface area contributed by atoms with Crippen molar-refractivity contribution in [3.05, 3.63) is 48.0 Å². The third-order valence-electron chi connectivity index (χ3n) is 4.29. The summed E-state index contributed by atoms with van der Waals surface area (Å²) in [5, 5.41) is 8.83. The van der Waals surface area contributed by atoms with Gasteiger partial charge in [-0.15, -0.1) is 0 Å². The molecule has 27 heavy (non-hydrogen) atoms. The lowest BCUT2D eigenvalue weighted by Crippen LogP contribution is -2.49. The number of benzene rings is 1. The van der Waals surface area contributed by atoms with E-state index in [1.165, 1.54) is 12.1 Å². The predicted molar refractivity (Wildman–Crippen MR) is 94.9 cm³/mol. The number of carbonyl (C=O) groups is 2. The number of carbonyl (C=O) groups excluding carboxylic acids is 1. The first-order chi connectivity index (χ1) is 12.9. The molecule has 0 bridgehead atoms. The lowest BCUT2D eigenvalue weighted by molar-refractivity contribution is -0.138. The van der Waals surface area contributed by atoms with Crippen LogP contribution in [0.4, 0.5) is 4.39 Å². The third kappa shape index (κ3) is 4.93. The highest BCUT2D eigenvalue weighted by molar-refractivity contribution is 5.92. The van der Waals surface area contributed by atoms with Crippen LogP contribution in [0, 0.1) is 5.82 Å². The van der Waals surface area contributed by atoms with Crippen LogP contribution in [0.15, 0.2) is 40.8 Å². The largest absolute Gasteiger partial charge is 0.480 e. The van der Waals surface area contributed by atoms with Crippen molar-refractivity contribution in [1.29, 1.82) is 0 Å². The van der Waals surface area contributed by atoms with Gasteiger partial charge in [-0.2, -0.15) is 0 Å². The van der Waals surface area contributed by atoms with Crippen LogP contribution in [0.3, 0.4) is 0 Å². The molecule has 1 aromatic heterocycles. The van der Waals surface area contributed by atoms with Crippen molar-refractivity contribution in [1.82, 2.24) is 9.80 Å². The summed E-state index contributed by atoms with van der Waals surface area (Å²) in [6.07, 6.45) is -0.265. The molecule has 1 N–H and O–H groups in total. The number of ether oxygens (including phenoxy) is 1.